The topological polar surface area (TPSA) is 92.1 Å². The van der Waals surface area contributed by atoms with Crippen molar-refractivity contribution in [1.29, 1.82) is 5.26 Å². The second-order valence-corrected chi connectivity index (χ2v) is 5.19. The lowest BCUT2D eigenvalue weighted by molar-refractivity contribution is 0.0521. The summed E-state index contributed by atoms with van der Waals surface area (Å²) in [5.74, 6) is -0.285. The highest BCUT2D eigenvalue weighted by atomic mass is 16.5. The van der Waals surface area contributed by atoms with Gasteiger partial charge in [0.15, 0.2) is 11.5 Å². The molecule has 0 saturated heterocycles. The first-order valence-electron chi connectivity index (χ1n) is 7.71. The maximum absolute atomic E-state index is 12.2. The standard InChI is InChI=1S/C18H15N5O2/c1-3-25-18(24)16-17(23-12(2)7-6-10-15(23)20-16)22-21-14-9-5-4-8-13(14)11-19/h4-10H,3H2,1-2H3. The van der Waals surface area contributed by atoms with Gasteiger partial charge in [0, 0.05) is 5.69 Å². The SMILES string of the molecule is CCOC(=O)c1nc2cccc(C)n2c1N=Nc1ccccc1C#N. The average molecular weight is 333 g/mol. The zero-order chi connectivity index (χ0) is 17.8. The van der Waals surface area contributed by atoms with Crippen LogP contribution < -0.4 is 0 Å². The normalized spacial score (nSPS) is 10.9. The summed E-state index contributed by atoms with van der Waals surface area (Å²) in [6.07, 6.45) is 0. The summed E-state index contributed by atoms with van der Waals surface area (Å²) >= 11 is 0. The maximum atomic E-state index is 12.2. The fourth-order valence-corrected chi connectivity index (χ4v) is 2.42. The number of carbonyl (C=O) groups is 1. The van der Waals surface area contributed by atoms with Crippen LogP contribution in [0.3, 0.4) is 0 Å². The monoisotopic (exact) mass is 333 g/mol. The van der Waals surface area contributed by atoms with E-state index in [1.165, 1.54) is 0 Å². The van der Waals surface area contributed by atoms with Gasteiger partial charge in [0.05, 0.1) is 12.2 Å². The van der Waals surface area contributed by atoms with Crippen molar-refractivity contribution in [2.24, 2.45) is 10.2 Å². The predicted octanol–water partition coefficient (Wildman–Crippen LogP) is 4.11. The van der Waals surface area contributed by atoms with Crippen LogP contribution in [0.15, 0.2) is 52.7 Å². The Labute approximate surface area is 144 Å². The van der Waals surface area contributed by atoms with Crippen LogP contribution >= 0.6 is 0 Å². The molecule has 3 aromatic rings. The molecule has 0 fully saturated rings. The van der Waals surface area contributed by atoms with Gasteiger partial charge < -0.3 is 4.74 Å². The van der Waals surface area contributed by atoms with E-state index in [9.17, 15) is 4.79 Å². The number of aryl methyl sites for hydroxylation is 1. The molecule has 0 aliphatic heterocycles. The third kappa shape index (κ3) is 3.10. The molecular weight excluding hydrogens is 318 g/mol. The molecule has 124 valence electrons. The number of pyridine rings is 1. The van der Waals surface area contributed by atoms with Crippen LogP contribution in [0.4, 0.5) is 11.5 Å². The minimum absolute atomic E-state index is 0.0920. The molecular formula is C18H15N5O2. The number of ether oxygens (including phenoxy) is 1. The zero-order valence-electron chi connectivity index (χ0n) is 13.8. The van der Waals surface area contributed by atoms with E-state index in [0.717, 1.165) is 5.69 Å². The Morgan fingerprint density at radius 2 is 2.04 bits per heavy atom. The van der Waals surface area contributed by atoms with E-state index in [-0.39, 0.29) is 18.1 Å². The van der Waals surface area contributed by atoms with Crippen molar-refractivity contribution in [2.75, 3.05) is 6.61 Å². The first-order chi connectivity index (χ1) is 12.2. The van der Waals surface area contributed by atoms with Crippen LogP contribution in [-0.4, -0.2) is 22.0 Å². The molecule has 0 aliphatic rings. The van der Waals surface area contributed by atoms with Crippen molar-refractivity contribution in [3.63, 3.8) is 0 Å². The molecule has 7 heteroatoms. The average Bonchev–Trinajstić information content (AvgIpc) is 3.00. The van der Waals surface area contributed by atoms with Gasteiger partial charge in [0.25, 0.3) is 0 Å². The lowest BCUT2D eigenvalue weighted by atomic mass is 10.2. The summed E-state index contributed by atoms with van der Waals surface area (Å²) in [5, 5.41) is 17.5. The van der Waals surface area contributed by atoms with E-state index in [1.54, 1.807) is 41.7 Å². The lowest BCUT2D eigenvalue weighted by Crippen LogP contribution is -2.05. The number of azo groups is 1. The Hall–Kier alpha value is -3.53. The number of nitrogens with zero attached hydrogens (tertiary/aromatic N) is 5. The van der Waals surface area contributed by atoms with Gasteiger partial charge in [0.1, 0.15) is 17.4 Å². The van der Waals surface area contributed by atoms with Gasteiger partial charge in [-0.15, -0.1) is 10.2 Å². The smallest absolute Gasteiger partial charge is 0.360 e. The highest BCUT2D eigenvalue weighted by Crippen LogP contribution is 2.27. The molecule has 0 bridgehead atoms. The van der Waals surface area contributed by atoms with Gasteiger partial charge in [-0.1, -0.05) is 18.2 Å². The van der Waals surface area contributed by atoms with E-state index in [0.29, 0.717) is 16.9 Å². The van der Waals surface area contributed by atoms with Gasteiger partial charge >= 0.3 is 5.97 Å². The van der Waals surface area contributed by atoms with Gasteiger partial charge in [-0.25, -0.2) is 9.78 Å². The molecule has 0 saturated carbocycles. The fourth-order valence-electron chi connectivity index (χ4n) is 2.42. The molecule has 0 unspecified atom stereocenters. The number of esters is 1. The van der Waals surface area contributed by atoms with Gasteiger partial charge in [-0.3, -0.25) is 4.40 Å². The number of hydrogen-bond donors (Lipinski definition) is 0. The Kier molecular flexibility index (Phi) is 4.53. The molecule has 0 amide bonds. The highest BCUT2D eigenvalue weighted by Gasteiger charge is 2.21. The third-order valence-corrected chi connectivity index (χ3v) is 3.56. The Morgan fingerprint density at radius 3 is 2.80 bits per heavy atom. The molecule has 3 rings (SSSR count). The molecule has 2 heterocycles. The van der Waals surface area contributed by atoms with Crippen LogP contribution in [0, 0.1) is 18.3 Å². The molecule has 0 atom stereocenters. The van der Waals surface area contributed by atoms with Crippen molar-refractivity contribution in [3.8, 4) is 6.07 Å². The number of aromatic nitrogens is 2. The molecule has 2 aromatic heterocycles. The first kappa shape index (κ1) is 16.3. The minimum Gasteiger partial charge on any atom is -0.461 e. The summed E-state index contributed by atoms with van der Waals surface area (Å²) in [6.45, 7) is 3.84. The van der Waals surface area contributed by atoms with E-state index in [1.807, 2.05) is 19.1 Å². The van der Waals surface area contributed by atoms with Crippen LogP contribution in [-0.2, 0) is 4.74 Å². The van der Waals surface area contributed by atoms with Crippen molar-refractivity contribution in [1.82, 2.24) is 9.38 Å². The summed E-state index contributed by atoms with van der Waals surface area (Å²) in [6, 6.07) is 14.4. The quantitative estimate of drug-likeness (QED) is 0.530. The Bertz CT molecular complexity index is 1010. The number of nitriles is 1. The van der Waals surface area contributed by atoms with Crippen molar-refractivity contribution >= 4 is 23.1 Å². The summed E-state index contributed by atoms with van der Waals surface area (Å²) in [4.78, 5) is 16.5. The molecule has 1 aromatic carbocycles. The second-order valence-electron chi connectivity index (χ2n) is 5.19. The predicted molar refractivity (Wildman–Crippen MR) is 91.2 cm³/mol. The van der Waals surface area contributed by atoms with E-state index in [4.69, 9.17) is 10.00 Å². The van der Waals surface area contributed by atoms with Crippen molar-refractivity contribution < 1.29 is 9.53 Å². The highest BCUT2D eigenvalue weighted by molar-refractivity contribution is 5.93. The summed E-state index contributed by atoms with van der Waals surface area (Å²) < 4.78 is 6.79. The molecule has 0 N–H and O–H groups in total. The molecule has 25 heavy (non-hydrogen) atoms. The Morgan fingerprint density at radius 1 is 1.24 bits per heavy atom. The zero-order valence-corrected chi connectivity index (χ0v) is 13.8. The molecule has 0 radical (unpaired) electrons. The number of imidazole rings is 1. The number of benzene rings is 1. The summed E-state index contributed by atoms with van der Waals surface area (Å²) in [7, 11) is 0. The Balaban J connectivity index is 2.16. The number of rotatable bonds is 4. The van der Waals surface area contributed by atoms with Crippen molar-refractivity contribution in [2.45, 2.75) is 13.8 Å². The number of carbonyl (C=O) groups excluding carboxylic acids is 1. The molecule has 0 aliphatic carbocycles. The van der Waals surface area contributed by atoms with E-state index >= 15 is 0 Å². The first-order valence-corrected chi connectivity index (χ1v) is 7.71. The van der Waals surface area contributed by atoms with E-state index in [2.05, 4.69) is 21.3 Å². The number of fused-ring (bicyclic) bond motifs is 1. The van der Waals surface area contributed by atoms with Gasteiger partial charge in [-0.2, -0.15) is 5.26 Å². The minimum atomic E-state index is -0.562. The van der Waals surface area contributed by atoms with Gasteiger partial charge in [0.2, 0.25) is 0 Å². The van der Waals surface area contributed by atoms with Crippen LogP contribution in [0.25, 0.3) is 5.65 Å². The molecule has 0 spiro atoms. The summed E-state index contributed by atoms with van der Waals surface area (Å²) in [5.41, 5.74) is 2.33. The van der Waals surface area contributed by atoms with E-state index < -0.39 is 5.97 Å². The van der Waals surface area contributed by atoms with Crippen molar-refractivity contribution in [3.05, 3.63) is 59.4 Å². The number of hydrogen-bond acceptors (Lipinski definition) is 6. The lowest BCUT2D eigenvalue weighted by Gasteiger charge is -2.02. The van der Waals surface area contributed by atoms with Crippen LogP contribution in [0.1, 0.15) is 28.7 Å². The second kappa shape index (κ2) is 6.93. The largest absolute Gasteiger partial charge is 0.461 e. The van der Waals surface area contributed by atoms with Crippen LogP contribution in [0.2, 0.25) is 0 Å². The van der Waals surface area contributed by atoms with Gasteiger partial charge in [-0.05, 0) is 38.1 Å². The maximum Gasteiger partial charge on any atom is 0.360 e. The fraction of sp³-hybridized carbons (Fsp3) is 0.167. The molecule has 7 nitrogen and oxygen atoms in total. The third-order valence-electron chi connectivity index (χ3n) is 3.56. The van der Waals surface area contributed by atoms with Crippen LogP contribution in [0.5, 0.6) is 0 Å².